The molecule has 1 N–H and O–H groups in total. The van der Waals surface area contributed by atoms with E-state index in [-0.39, 0.29) is 11.3 Å². The molecule has 1 atom stereocenters. The van der Waals surface area contributed by atoms with Gasteiger partial charge < -0.3 is 29.1 Å². The van der Waals surface area contributed by atoms with Gasteiger partial charge in [-0.05, 0) is 81.7 Å². The molecule has 8 heteroatoms. The van der Waals surface area contributed by atoms with Crippen molar-refractivity contribution >= 4 is 17.4 Å². The van der Waals surface area contributed by atoms with Gasteiger partial charge in [0.2, 0.25) is 0 Å². The predicted molar refractivity (Wildman–Crippen MR) is 148 cm³/mol. The van der Waals surface area contributed by atoms with E-state index in [1.807, 2.05) is 38.9 Å². The summed E-state index contributed by atoms with van der Waals surface area (Å²) in [6, 6.07) is 9.84. The number of carbonyl (C=O) groups is 2. The predicted octanol–water partition coefficient (Wildman–Crippen LogP) is 4.81. The average Bonchev–Trinajstić information content (AvgIpc) is 3.13. The van der Waals surface area contributed by atoms with E-state index in [1.54, 1.807) is 37.4 Å². The molecule has 2 aromatic rings. The third-order valence-corrected chi connectivity index (χ3v) is 6.53. The molecule has 2 aromatic carbocycles. The van der Waals surface area contributed by atoms with Gasteiger partial charge in [0.15, 0.2) is 11.5 Å². The number of rotatable bonds is 12. The minimum atomic E-state index is -0.777. The largest absolute Gasteiger partial charge is 0.507 e. The summed E-state index contributed by atoms with van der Waals surface area (Å²) in [4.78, 5) is 30.0. The molecule has 0 spiro atoms. The fourth-order valence-corrected chi connectivity index (χ4v) is 4.41. The van der Waals surface area contributed by atoms with E-state index in [1.165, 1.54) is 4.90 Å². The molecule has 3 rings (SSSR count). The summed E-state index contributed by atoms with van der Waals surface area (Å²) >= 11 is 0. The summed E-state index contributed by atoms with van der Waals surface area (Å²) in [6.07, 6.45) is 0.900. The highest BCUT2D eigenvalue weighted by Crippen LogP contribution is 2.42. The Morgan fingerprint density at radius 3 is 2.37 bits per heavy atom. The summed E-state index contributed by atoms with van der Waals surface area (Å²) in [5, 5.41) is 11.4. The number of nitrogens with zero attached hydrogens (tertiary/aromatic N) is 2. The molecule has 0 aliphatic carbocycles. The van der Waals surface area contributed by atoms with Crippen LogP contribution in [0, 0.1) is 12.8 Å². The Morgan fingerprint density at radius 2 is 1.76 bits per heavy atom. The van der Waals surface area contributed by atoms with Crippen LogP contribution in [0.5, 0.6) is 17.2 Å². The fraction of sp³-hybridized carbons (Fsp3) is 0.467. The molecule has 1 unspecified atom stereocenters. The summed E-state index contributed by atoms with van der Waals surface area (Å²) in [5.41, 5.74) is 1.97. The Balaban J connectivity index is 2.10. The van der Waals surface area contributed by atoms with Crippen molar-refractivity contribution in [3.63, 3.8) is 0 Å². The molecule has 0 radical (unpaired) electrons. The zero-order valence-electron chi connectivity index (χ0n) is 23.5. The van der Waals surface area contributed by atoms with E-state index in [0.717, 1.165) is 12.0 Å². The average molecular weight is 525 g/mol. The van der Waals surface area contributed by atoms with Crippen LogP contribution in [-0.2, 0) is 9.59 Å². The van der Waals surface area contributed by atoms with Crippen LogP contribution in [0.4, 0.5) is 0 Å². The quantitative estimate of drug-likeness (QED) is 0.242. The Bertz CT molecular complexity index is 1190. The van der Waals surface area contributed by atoms with E-state index in [4.69, 9.17) is 14.2 Å². The fourth-order valence-electron chi connectivity index (χ4n) is 4.41. The lowest BCUT2D eigenvalue weighted by Crippen LogP contribution is -2.35. The number of carbonyl (C=O) groups excluding carboxylic acids is 2. The van der Waals surface area contributed by atoms with Crippen molar-refractivity contribution < 1.29 is 28.9 Å². The van der Waals surface area contributed by atoms with Crippen molar-refractivity contribution in [2.75, 3.05) is 47.5 Å². The molecule has 0 bridgehead atoms. The maximum atomic E-state index is 13.3. The van der Waals surface area contributed by atoms with Crippen LogP contribution in [0.2, 0.25) is 0 Å². The number of benzene rings is 2. The van der Waals surface area contributed by atoms with Crippen LogP contribution in [0.3, 0.4) is 0 Å². The third-order valence-electron chi connectivity index (χ3n) is 6.53. The number of ether oxygens (including phenoxy) is 3. The second-order valence-electron chi connectivity index (χ2n) is 10.2. The van der Waals surface area contributed by atoms with Gasteiger partial charge in [-0.25, -0.2) is 0 Å². The van der Waals surface area contributed by atoms with E-state index in [2.05, 4.69) is 13.8 Å². The minimum Gasteiger partial charge on any atom is -0.507 e. The lowest BCUT2D eigenvalue weighted by molar-refractivity contribution is -0.140. The smallest absolute Gasteiger partial charge is 0.295 e. The molecule has 1 fully saturated rings. The third kappa shape index (κ3) is 6.48. The topological polar surface area (TPSA) is 88.5 Å². The van der Waals surface area contributed by atoms with E-state index < -0.39 is 17.7 Å². The summed E-state index contributed by atoms with van der Waals surface area (Å²) in [6.45, 7) is 9.97. The van der Waals surface area contributed by atoms with Crippen LogP contribution in [0.15, 0.2) is 42.0 Å². The first kappa shape index (κ1) is 29.0. The highest BCUT2D eigenvalue weighted by molar-refractivity contribution is 6.46. The lowest BCUT2D eigenvalue weighted by Gasteiger charge is -2.27. The van der Waals surface area contributed by atoms with Gasteiger partial charge in [-0.1, -0.05) is 19.9 Å². The summed E-state index contributed by atoms with van der Waals surface area (Å²) < 4.78 is 17.2. The Hall–Kier alpha value is -3.52. The minimum absolute atomic E-state index is 0.0489. The van der Waals surface area contributed by atoms with Gasteiger partial charge in [0.05, 0.1) is 31.9 Å². The maximum Gasteiger partial charge on any atom is 0.295 e. The second kappa shape index (κ2) is 12.8. The van der Waals surface area contributed by atoms with Crippen molar-refractivity contribution in [2.24, 2.45) is 5.92 Å². The van der Waals surface area contributed by atoms with Crippen molar-refractivity contribution in [3.8, 4) is 17.2 Å². The monoisotopic (exact) mass is 524 g/mol. The highest BCUT2D eigenvalue weighted by atomic mass is 16.5. The van der Waals surface area contributed by atoms with E-state index >= 15 is 0 Å². The van der Waals surface area contributed by atoms with E-state index in [9.17, 15) is 14.7 Å². The number of Topliss-reactive ketones (excluding diaryl/α,β-unsaturated/α-hetero) is 1. The van der Waals surface area contributed by atoms with Crippen LogP contribution in [-0.4, -0.2) is 74.1 Å². The molecule has 1 aliphatic rings. The number of likely N-dealkylation sites (N-methyl/N-ethyl adjacent to an activating group) is 1. The summed E-state index contributed by atoms with van der Waals surface area (Å²) in [7, 11) is 5.36. The van der Waals surface area contributed by atoms with Gasteiger partial charge in [-0.2, -0.15) is 0 Å². The van der Waals surface area contributed by atoms with Crippen LogP contribution < -0.4 is 14.2 Å². The van der Waals surface area contributed by atoms with Gasteiger partial charge in [-0.15, -0.1) is 0 Å². The number of likely N-dealkylation sites (tertiary alicyclic amines) is 1. The van der Waals surface area contributed by atoms with Crippen molar-refractivity contribution in [3.05, 3.63) is 58.7 Å². The number of methoxy groups -OCH3 is 1. The number of hydrogen-bond donors (Lipinski definition) is 1. The lowest BCUT2D eigenvalue weighted by atomic mass is 9.94. The molecular formula is C30H40N2O6. The molecule has 8 nitrogen and oxygen atoms in total. The highest BCUT2D eigenvalue weighted by Gasteiger charge is 2.46. The number of hydrogen-bond acceptors (Lipinski definition) is 7. The Labute approximate surface area is 225 Å². The molecule has 206 valence electrons. The Kier molecular flexibility index (Phi) is 9.80. The normalized spacial score (nSPS) is 17.0. The molecule has 0 aromatic heterocycles. The molecular weight excluding hydrogens is 484 g/mol. The zero-order chi connectivity index (χ0) is 28.0. The van der Waals surface area contributed by atoms with Gasteiger partial charge in [0.1, 0.15) is 11.5 Å². The first-order chi connectivity index (χ1) is 18.1. The number of aryl methyl sites for hydroxylation is 1. The molecule has 38 heavy (non-hydrogen) atoms. The second-order valence-corrected chi connectivity index (χ2v) is 10.2. The number of ketones is 1. The molecule has 1 amide bonds. The maximum absolute atomic E-state index is 13.3. The molecule has 1 aliphatic heterocycles. The van der Waals surface area contributed by atoms with E-state index in [0.29, 0.717) is 60.6 Å². The van der Waals surface area contributed by atoms with Crippen molar-refractivity contribution in [1.82, 2.24) is 9.80 Å². The number of amides is 1. The SMILES string of the molecule is CCOc1ccc(C(O)=C2C(=O)C(=O)N(CCN(C)C)C2c2ccc(OCCC(C)C)c(OC)c2)cc1C. The van der Waals surface area contributed by atoms with Gasteiger partial charge in [0, 0.05) is 18.7 Å². The van der Waals surface area contributed by atoms with Gasteiger partial charge in [0.25, 0.3) is 11.7 Å². The first-order valence-electron chi connectivity index (χ1n) is 13.1. The van der Waals surface area contributed by atoms with Crippen molar-refractivity contribution in [1.29, 1.82) is 0 Å². The number of aliphatic hydroxyl groups is 1. The van der Waals surface area contributed by atoms with Gasteiger partial charge in [-0.3, -0.25) is 9.59 Å². The molecule has 1 saturated heterocycles. The molecule has 0 saturated carbocycles. The van der Waals surface area contributed by atoms with Crippen molar-refractivity contribution in [2.45, 2.75) is 40.2 Å². The first-order valence-corrected chi connectivity index (χ1v) is 13.1. The number of aliphatic hydroxyl groups excluding tert-OH is 1. The van der Waals surface area contributed by atoms with Gasteiger partial charge >= 0.3 is 0 Å². The van der Waals surface area contributed by atoms with Crippen LogP contribution >= 0.6 is 0 Å². The standard InChI is InChI=1S/C30H40N2O6/c1-8-37-23-11-10-22(17-20(23)4)28(33)26-27(32(15-14-31(5)6)30(35)29(26)34)21-9-12-24(25(18-21)36-7)38-16-13-19(2)3/h9-12,17-19,27,33H,8,13-16H2,1-7H3. The zero-order valence-corrected chi connectivity index (χ0v) is 23.5. The molecule has 1 heterocycles. The van der Waals surface area contributed by atoms with Crippen LogP contribution in [0.1, 0.15) is 49.9 Å². The van der Waals surface area contributed by atoms with Crippen LogP contribution in [0.25, 0.3) is 5.76 Å². The summed E-state index contributed by atoms with van der Waals surface area (Å²) in [5.74, 6) is 0.716. The Morgan fingerprint density at radius 1 is 1.05 bits per heavy atom.